The summed E-state index contributed by atoms with van der Waals surface area (Å²) < 4.78 is 36.5. The molecule has 0 spiro atoms. The van der Waals surface area contributed by atoms with E-state index in [1.807, 2.05) is 28.8 Å². The number of pyridine rings is 1. The number of phenolic OH excluding ortho intramolecular Hbond substituents is 1. The Kier molecular flexibility index (Phi) is 10.6. The van der Waals surface area contributed by atoms with Crippen molar-refractivity contribution in [3.05, 3.63) is 107 Å². The lowest BCUT2D eigenvalue weighted by molar-refractivity contribution is 0.102. The molecule has 0 unspecified atom stereocenters. The number of thiol groups is 1. The number of rotatable bonds is 11. The van der Waals surface area contributed by atoms with Gasteiger partial charge in [-0.3, -0.25) is 14.1 Å². The summed E-state index contributed by atoms with van der Waals surface area (Å²) in [6.07, 6.45) is 3.41. The summed E-state index contributed by atoms with van der Waals surface area (Å²) in [7, 11) is 0. The maximum atomic E-state index is 14.5. The molecule has 0 bridgehead atoms. The molecule has 0 saturated carbocycles. The molecule has 7 rings (SSSR count). The lowest BCUT2D eigenvalue weighted by Gasteiger charge is -2.36. The number of hydrogen-bond acceptors (Lipinski definition) is 10. The lowest BCUT2D eigenvalue weighted by Crippen LogP contribution is -2.47. The number of aromatic hydroxyl groups is 1. The van der Waals surface area contributed by atoms with Gasteiger partial charge in [-0.15, -0.1) is 0 Å². The average Bonchev–Trinajstić information content (AvgIpc) is 3.55. The Balaban J connectivity index is 1.22. The van der Waals surface area contributed by atoms with Crippen LogP contribution >= 0.6 is 24.2 Å². The number of aromatic nitrogens is 4. The smallest absolute Gasteiger partial charge is 0.259 e. The van der Waals surface area contributed by atoms with Crippen LogP contribution in [0.3, 0.4) is 0 Å². The molecule has 1 saturated heterocycles. The molecule has 1 aliphatic heterocycles. The van der Waals surface area contributed by atoms with Crippen LogP contribution in [-0.2, 0) is 0 Å². The molecular formula is C38H35ClF2N8O3S. The van der Waals surface area contributed by atoms with Crippen molar-refractivity contribution in [3.8, 4) is 34.1 Å². The van der Waals surface area contributed by atoms with Crippen LogP contribution in [-0.4, -0.2) is 80.3 Å². The van der Waals surface area contributed by atoms with E-state index in [2.05, 4.69) is 38.0 Å². The summed E-state index contributed by atoms with van der Waals surface area (Å²) in [5, 5.41) is 17.0. The van der Waals surface area contributed by atoms with E-state index in [0.29, 0.717) is 39.0 Å². The van der Waals surface area contributed by atoms with Crippen molar-refractivity contribution in [3.63, 3.8) is 0 Å². The number of carbonyl (C=O) groups is 1. The van der Waals surface area contributed by atoms with E-state index in [9.17, 15) is 18.7 Å². The van der Waals surface area contributed by atoms with Crippen molar-refractivity contribution >= 4 is 58.8 Å². The van der Waals surface area contributed by atoms with Crippen molar-refractivity contribution in [2.45, 2.75) is 6.92 Å². The Bertz CT molecular complexity index is 2280. The van der Waals surface area contributed by atoms with Crippen LogP contribution < -0.4 is 20.3 Å². The number of anilines is 4. The SMILES string of the molecule is CCOc1ccc(-c2nc3ccccn3c2-c2ccnc(Nc3cc(Cl)c(N4CCN(CCS)CC4)cc3O)n2)cc1C(=O)Nc1c(F)cccc1F. The third-order valence-corrected chi connectivity index (χ3v) is 9.37. The molecular weight excluding hydrogens is 722 g/mol. The predicted octanol–water partition coefficient (Wildman–Crippen LogP) is 7.54. The molecule has 0 radical (unpaired) electrons. The molecule has 53 heavy (non-hydrogen) atoms. The van der Waals surface area contributed by atoms with Gasteiger partial charge in [0.15, 0.2) is 0 Å². The fourth-order valence-corrected chi connectivity index (χ4v) is 6.86. The first-order chi connectivity index (χ1) is 25.7. The molecule has 1 fully saturated rings. The van der Waals surface area contributed by atoms with E-state index in [1.54, 1.807) is 49.5 Å². The second-order valence-corrected chi connectivity index (χ2v) is 13.1. The van der Waals surface area contributed by atoms with E-state index < -0.39 is 23.2 Å². The number of phenols is 1. The number of halogens is 3. The molecule has 6 aromatic rings. The number of para-hydroxylation sites is 1. The van der Waals surface area contributed by atoms with Gasteiger partial charge in [0.1, 0.15) is 34.5 Å². The topological polar surface area (TPSA) is 120 Å². The van der Waals surface area contributed by atoms with Gasteiger partial charge in [0.2, 0.25) is 5.95 Å². The number of benzene rings is 3. The van der Waals surface area contributed by atoms with Crippen LogP contribution in [0.1, 0.15) is 17.3 Å². The van der Waals surface area contributed by atoms with Gasteiger partial charge in [0.05, 0.1) is 45.6 Å². The molecule has 3 aromatic carbocycles. The Morgan fingerprint density at radius 1 is 1.00 bits per heavy atom. The van der Waals surface area contributed by atoms with Crippen LogP contribution in [0.15, 0.2) is 85.2 Å². The summed E-state index contributed by atoms with van der Waals surface area (Å²) in [6.45, 7) is 6.25. The summed E-state index contributed by atoms with van der Waals surface area (Å²) in [5.41, 5.74) is 3.21. The molecule has 3 N–H and O–H groups in total. The van der Waals surface area contributed by atoms with Crippen LogP contribution in [0.4, 0.5) is 31.8 Å². The molecule has 0 aliphatic carbocycles. The molecule has 3 aromatic heterocycles. The summed E-state index contributed by atoms with van der Waals surface area (Å²) in [4.78, 5) is 32.1. The minimum absolute atomic E-state index is 0.0119. The molecule has 0 atom stereocenters. The molecule has 4 heterocycles. The minimum atomic E-state index is -0.909. The molecule has 1 aliphatic rings. The molecule has 272 valence electrons. The van der Waals surface area contributed by atoms with Crippen LogP contribution in [0.5, 0.6) is 11.5 Å². The van der Waals surface area contributed by atoms with E-state index in [0.717, 1.165) is 56.3 Å². The van der Waals surface area contributed by atoms with E-state index in [4.69, 9.17) is 26.3 Å². The van der Waals surface area contributed by atoms with Crippen molar-refractivity contribution in [1.29, 1.82) is 0 Å². The zero-order valence-corrected chi connectivity index (χ0v) is 30.2. The quantitative estimate of drug-likeness (QED) is 0.0785. The average molecular weight is 757 g/mol. The van der Waals surface area contributed by atoms with E-state index in [1.165, 1.54) is 6.07 Å². The standard InChI is InChI=1S/C38H35ClF2N8O3S/c1-2-52-32-10-9-23(20-24(32)37(51)46-35-26(40)6-5-7-27(35)41)34-36(49-13-4-3-8-33(49)45-34)28-11-12-42-38(43-28)44-29-21-25(39)30(22-31(29)50)48-16-14-47(15-17-48)18-19-53/h3-13,20-22,50,53H,2,14-19H2,1H3,(H,46,51)(H,42,43,44). The maximum absolute atomic E-state index is 14.5. The third kappa shape index (κ3) is 7.56. The van der Waals surface area contributed by atoms with Gasteiger partial charge in [-0.1, -0.05) is 23.7 Å². The van der Waals surface area contributed by atoms with Crippen LogP contribution in [0.25, 0.3) is 28.3 Å². The fraction of sp³-hybridized carbons (Fsp3) is 0.211. The highest BCUT2D eigenvalue weighted by Gasteiger charge is 2.24. The summed E-state index contributed by atoms with van der Waals surface area (Å²) in [6, 6.07) is 18.8. The fourth-order valence-electron chi connectivity index (χ4n) is 6.29. The number of ether oxygens (including phenoxy) is 1. The molecule has 15 heteroatoms. The van der Waals surface area contributed by atoms with Crippen molar-refractivity contribution in [1.82, 2.24) is 24.3 Å². The molecule has 11 nitrogen and oxygen atoms in total. The number of amides is 1. The zero-order valence-electron chi connectivity index (χ0n) is 28.6. The summed E-state index contributed by atoms with van der Waals surface area (Å²) >= 11 is 11.1. The van der Waals surface area contributed by atoms with Gasteiger partial charge in [0, 0.05) is 62.5 Å². The Hall–Kier alpha value is -5.44. The highest BCUT2D eigenvalue weighted by Crippen LogP contribution is 2.39. The first-order valence-corrected chi connectivity index (χ1v) is 18.0. The van der Waals surface area contributed by atoms with E-state index in [-0.39, 0.29) is 29.6 Å². The number of fused-ring (bicyclic) bond motifs is 1. The van der Waals surface area contributed by atoms with E-state index >= 15 is 0 Å². The number of nitrogens with zero attached hydrogens (tertiary/aromatic N) is 6. The maximum Gasteiger partial charge on any atom is 0.259 e. The number of piperazine rings is 1. The van der Waals surface area contributed by atoms with Gasteiger partial charge in [-0.2, -0.15) is 12.6 Å². The highest BCUT2D eigenvalue weighted by molar-refractivity contribution is 7.80. The second kappa shape index (κ2) is 15.7. The van der Waals surface area contributed by atoms with Crippen molar-refractivity contribution < 1.29 is 23.4 Å². The zero-order chi connectivity index (χ0) is 37.1. The normalized spacial score (nSPS) is 13.3. The predicted molar refractivity (Wildman–Crippen MR) is 206 cm³/mol. The second-order valence-electron chi connectivity index (χ2n) is 12.2. The monoisotopic (exact) mass is 756 g/mol. The number of hydrogen-bond donors (Lipinski definition) is 4. The van der Waals surface area contributed by atoms with Crippen molar-refractivity contribution in [2.75, 3.05) is 60.6 Å². The Labute approximate surface area is 314 Å². The van der Waals surface area contributed by atoms with Gasteiger partial charge in [-0.25, -0.2) is 23.7 Å². The van der Waals surface area contributed by atoms with Crippen LogP contribution in [0, 0.1) is 11.6 Å². The highest BCUT2D eigenvalue weighted by atomic mass is 35.5. The third-order valence-electron chi connectivity index (χ3n) is 8.87. The number of carbonyl (C=O) groups excluding carboxylic acids is 1. The first-order valence-electron chi connectivity index (χ1n) is 16.9. The Morgan fingerprint density at radius 3 is 2.55 bits per heavy atom. The lowest BCUT2D eigenvalue weighted by atomic mass is 10.0. The van der Waals surface area contributed by atoms with Gasteiger partial charge in [-0.05, 0) is 61.5 Å². The largest absolute Gasteiger partial charge is 0.506 e. The van der Waals surface area contributed by atoms with Gasteiger partial charge < -0.3 is 25.4 Å². The van der Waals surface area contributed by atoms with Crippen molar-refractivity contribution in [2.24, 2.45) is 0 Å². The number of imidazole rings is 1. The minimum Gasteiger partial charge on any atom is -0.506 e. The number of nitrogens with one attached hydrogen (secondary N) is 2. The summed E-state index contributed by atoms with van der Waals surface area (Å²) in [5.74, 6) is -1.38. The van der Waals surface area contributed by atoms with Gasteiger partial charge >= 0.3 is 0 Å². The Morgan fingerprint density at radius 2 is 1.79 bits per heavy atom. The molecule has 1 amide bonds. The first kappa shape index (κ1) is 35.9. The van der Waals surface area contributed by atoms with Crippen LogP contribution in [0.2, 0.25) is 5.02 Å². The van der Waals surface area contributed by atoms with Gasteiger partial charge in [0.25, 0.3) is 5.91 Å².